The monoisotopic (exact) mass is 402 g/mol. The van der Waals surface area contributed by atoms with Gasteiger partial charge in [-0.25, -0.2) is 13.4 Å². The molecule has 1 N–H and O–H groups in total. The Morgan fingerprint density at radius 2 is 1.96 bits per heavy atom. The summed E-state index contributed by atoms with van der Waals surface area (Å²) in [4.78, 5) is 14.8. The van der Waals surface area contributed by atoms with Gasteiger partial charge in [0.1, 0.15) is 0 Å². The Morgan fingerprint density at radius 3 is 2.63 bits per heavy atom. The minimum Gasteiger partial charge on any atom is -0.258 e. The first-order valence-corrected chi connectivity index (χ1v) is 10.4. The van der Waals surface area contributed by atoms with Crippen LogP contribution in [0.3, 0.4) is 0 Å². The Hall–Kier alpha value is -3.11. The summed E-state index contributed by atoms with van der Waals surface area (Å²) in [6.07, 6.45) is 2.25. The fourth-order valence-electron chi connectivity index (χ4n) is 2.25. The molecule has 3 rings (SSSR count). The van der Waals surface area contributed by atoms with Gasteiger partial charge in [-0.3, -0.25) is 15.5 Å². The highest BCUT2D eigenvalue weighted by Gasteiger charge is 2.17. The third kappa shape index (κ3) is 4.54. The van der Waals surface area contributed by atoms with Crippen LogP contribution in [-0.2, 0) is 9.84 Å². The van der Waals surface area contributed by atoms with Crippen LogP contribution in [0.25, 0.3) is 11.3 Å². The Morgan fingerprint density at radius 1 is 1.22 bits per heavy atom. The Balaban J connectivity index is 1.79. The van der Waals surface area contributed by atoms with E-state index in [0.717, 1.165) is 23.6 Å². The van der Waals surface area contributed by atoms with Crippen LogP contribution in [0.15, 0.2) is 63.9 Å². The summed E-state index contributed by atoms with van der Waals surface area (Å²) in [5.41, 5.74) is 4.33. The quantitative estimate of drug-likeness (QED) is 0.383. The first kappa shape index (κ1) is 18.7. The van der Waals surface area contributed by atoms with Crippen molar-refractivity contribution in [2.75, 3.05) is 11.7 Å². The summed E-state index contributed by atoms with van der Waals surface area (Å²) in [5.74, 6) is 0. The lowest BCUT2D eigenvalue weighted by Gasteiger charge is -2.01. The number of sulfone groups is 1. The maximum Gasteiger partial charge on any atom is 0.279 e. The molecule has 0 saturated heterocycles. The van der Waals surface area contributed by atoms with Crippen molar-refractivity contribution in [1.29, 1.82) is 0 Å². The van der Waals surface area contributed by atoms with Crippen LogP contribution in [-0.4, -0.2) is 30.8 Å². The Labute approximate surface area is 159 Å². The van der Waals surface area contributed by atoms with Crippen molar-refractivity contribution in [2.24, 2.45) is 5.10 Å². The molecule has 10 heteroatoms. The zero-order chi connectivity index (χ0) is 19.4. The van der Waals surface area contributed by atoms with Gasteiger partial charge >= 0.3 is 0 Å². The molecule has 27 heavy (non-hydrogen) atoms. The number of nitrogens with one attached hydrogen (secondary N) is 1. The standard InChI is InChI=1S/C17H14N4O4S2/c1-27(24,25)14-8-7-13(16(9-14)21(22)23)10-18-20-17-19-15(11-26-17)12-5-3-2-4-6-12/h2-11H,1H3,(H,19,20). The van der Waals surface area contributed by atoms with Gasteiger partial charge in [-0.1, -0.05) is 30.3 Å². The van der Waals surface area contributed by atoms with Gasteiger partial charge in [0.25, 0.3) is 5.69 Å². The molecule has 8 nitrogen and oxygen atoms in total. The molecule has 0 aliphatic heterocycles. The van der Waals surface area contributed by atoms with Gasteiger partial charge in [0.15, 0.2) is 9.84 Å². The number of nitrogens with zero attached hydrogens (tertiary/aromatic N) is 3. The number of rotatable bonds is 6. The third-order valence-corrected chi connectivity index (χ3v) is 5.42. The second-order valence-corrected chi connectivity index (χ2v) is 8.40. The molecule has 0 saturated carbocycles. The molecular formula is C17H14N4O4S2. The number of nitro benzene ring substituents is 1. The van der Waals surface area contributed by atoms with E-state index in [2.05, 4.69) is 15.5 Å². The second-order valence-electron chi connectivity index (χ2n) is 5.52. The number of nitro groups is 1. The molecule has 0 radical (unpaired) electrons. The lowest BCUT2D eigenvalue weighted by molar-refractivity contribution is -0.385. The van der Waals surface area contributed by atoms with E-state index in [1.54, 1.807) is 0 Å². The second kappa shape index (κ2) is 7.64. The number of hydrogen-bond acceptors (Lipinski definition) is 8. The first-order valence-electron chi connectivity index (χ1n) is 7.63. The maximum absolute atomic E-state index is 11.6. The van der Waals surface area contributed by atoms with Crippen LogP contribution < -0.4 is 5.43 Å². The zero-order valence-electron chi connectivity index (χ0n) is 14.1. The van der Waals surface area contributed by atoms with E-state index < -0.39 is 14.8 Å². The normalized spacial score (nSPS) is 11.6. The highest BCUT2D eigenvalue weighted by atomic mass is 32.2. The van der Waals surface area contributed by atoms with E-state index in [4.69, 9.17) is 0 Å². The first-order chi connectivity index (χ1) is 12.8. The number of aromatic nitrogens is 1. The molecule has 0 amide bonds. The van der Waals surface area contributed by atoms with E-state index in [1.165, 1.54) is 29.7 Å². The molecular weight excluding hydrogens is 388 g/mol. The summed E-state index contributed by atoms with van der Waals surface area (Å²) < 4.78 is 23.1. The number of thiazole rings is 1. The number of hydrogen-bond donors (Lipinski definition) is 1. The highest BCUT2D eigenvalue weighted by molar-refractivity contribution is 7.90. The lowest BCUT2D eigenvalue weighted by atomic mass is 10.2. The van der Waals surface area contributed by atoms with Crippen molar-refractivity contribution >= 4 is 38.2 Å². The SMILES string of the molecule is CS(=O)(=O)c1ccc(C=NNc2nc(-c3ccccc3)cs2)c([N+](=O)[O-])c1. The minimum absolute atomic E-state index is 0.119. The molecule has 0 unspecified atom stereocenters. The summed E-state index contributed by atoms with van der Waals surface area (Å²) in [5, 5.41) is 17.6. The molecule has 0 spiro atoms. The molecule has 1 heterocycles. The van der Waals surface area contributed by atoms with Gasteiger partial charge < -0.3 is 0 Å². The molecule has 138 valence electrons. The van der Waals surface area contributed by atoms with Crippen LogP contribution in [0.1, 0.15) is 5.56 Å². The van der Waals surface area contributed by atoms with Gasteiger partial charge in [0, 0.05) is 23.3 Å². The van der Waals surface area contributed by atoms with Crippen molar-refractivity contribution in [2.45, 2.75) is 4.90 Å². The summed E-state index contributed by atoms with van der Waals surface area (Å²) in [7, 11) is -3.54. The molecule has 0 fully saturated rings. The Kier molecular flexibility index (Phi) is 5.28. The van der Waals surface area contributed by atoms with Gasteiger partial charge in [-0.05, 0) is 12.1 Å². The van der Waals surface area contributed by atoms with Gasteiger partial charge in [0.05, 0.1) is 27.3 Å². The zero-order valence-corrected chi connectivity index (χ0v) is 15.7. The highest BCUT2D eigenvalue weighted by Crippen LogP contribution is 2.25. The molecule has 0 aliphatic rings. The van der Waals surface area contributed by atoms with Crippen molar-refractivity contribution < 1.29 is 13.3 Å². The lowest BCUT2D eigenvalue weighted by Crippen LogP contribution is -2.02. The van der Waals surface area contributed by atoms with Crippen LogP contribution in [0.4, 0.5) is 10.8 Å². The van der Waals surface area contributed by atoms with Crippen molar-refractivity contribution in [3.05, 3.63) is 69.6 Å². The van der Waals surface area contributed by atoms with Crippen molar-refractivity contribution in [3.8, 4) is 11.3 Å². The average Bonchev–Trinajstić information content (AvgIpc) is 3.10. The van der Waals surface area contributed by atoms with Crippen molar-refractivity contribution in [3.63, 3.8) is 0 Å². The molecule has 0 bridgehead atoms. The smallest absolute Gasteiger partial charge is 0.258 e. The summed E-state index contributed by atoms with van der Waals surface area (Å²) >= 11 is 1.35. The third-order valence-electron chi connectivity index (χ3n) is 3.56. The van der Waals surface area contributed by atoms with E-state index in [1.807, 2.05) is 35.7 Å². The van der Waals surface area contributed by atoms with E-state index in [9.17, 15) is 18.5 Å². The fraction of sp³-hybridized carbons (Fsp3) is 0.0588. The van der Waals surface area contributed by atoms with Crippen molar-refractivity contribution in [1.82, 2.24) is 4.98 Å². The average molecular weight is 402 g/mol. The largest absolute Gasteiger partial charge is 0.279 e. The number of hydrazone groups is 1. The van der Waals surface area contributed by atoms with Gasteiger partial charge in [-0.15, -0.1) is 11.3 Å². The molecule has 0 atom stereocenters. The topological polar surface area (TPSA) is 115 Å². The van der Waals surface area contributed by atoms with Crippen LogP contribution in [0, 0.1) is 10.1 Å². The number of anilines is 1. The Bertz CT molecular complexity index is 1110. The molecule has 2 aromatic carbocycles. The summed E-state index contributed by atoms with van der Waals surface area (Å²) in [6, 6.07) is 13.3. The summed E-state index contributed by atoms with van der Waals surface area (Å²) in [6.45, 7) is 0. The van der Waals surface area contributed by atoms with Crippen LogP contribution in [0.2, 0.25) is 0 Å². The number of benzene rings is 2. The van der Waals surface area contributed by atoms with E-state index in [-0.39, 0.29) is 16.1 Å². The molecule has 1 aromatic heterocycles. The van der Waals surface area contributed by atoms with Gasteiger partial charge in [0.2, 0.25) is 5.13 Å². The van der Waals surface area contributed by atoms with E-state index >= 15 is 0 Å². The molecule has 3 aromatic rings. The molecule has 0 aliphatic carbocycles. The predicted molar refractivity (Wildman–Crippen MR) is 105 cm³/mol. The predicted octanol–water partition coefficient (Wildman–Crippen LogP) is 3.57. The van der Waals surface area contributed by atoms with Crippen LogP contribution in [0.5, 0.6) is 0 Å². The minimum atomic E-state index is -3.54. The maximum atomic E-state index is 11.6. The fourth-order valence-corrected chi connectivity index (χ4v) is 3.55. The van der Waals surface area contributed by atoms with Gasteiger partial charge in [-0.2, -0.15) is 5.10 Å². The van der Waals surface area contributed by atoms with Crippen LogP contribution >= 0.6 is 11.3 Å². The van der Waals surface area contributed by atoms with E-state index in [0.29, 0.717) is 5.13 Å².